The predicted molar refractivity (Wildman–Crippen MR) is 73.8 cm³/mol. The molecule has 0 saturated heterocycles. The highest BCUT2D eigenvalue weighted by molar-refractivity contribution is 7.71. The molecular formula is C13H15N3O2S. The van der Waals surface area contributed by atoms with E-state index in [2.05, 4.69) is 24.0 Å². The maximum absolute atomic E-state index is 5.60. The molecule has 1 aromatic carbocycles. The van der Waals surface area contributed by atoms with Gasteiger partial charge in [0.05, 0.1) is 5.69 Å². The van der Waals surface area contributed by atoms with Gasteiger partial charge in [-0.25, -0.2) is 0 Å². The van der Waals surface area contributed by atoms with Gasteiger partial charge in [0.2, 0.25) is 0 Å². The van der Waals surface area contributed by atoms with Gasteiger partial charge in [0, 0.05) is 12.0 Å². The number of ether oxygens (including phenoxy) is 2. The summed E-state index contributed by atoms with van der Waals surface area (Å²) in [6.07, 6.45) is 0. The molecule has 19 heavy (non-hydrogen) atoms. The minimum Gasteiger partial charge on any atom is -0.486 e. The Kier molecular flexibility index (Phi) is 3.02. The molecule has 0 unspecified atom stereocenters. The molecule has 0 aliphatic carbocycles. The summed E-state index contributed by atoms with van der Waals surface area (Å²) >= 11 is 5.30. The highest BCUT2D eigenvalue weighted by Crippen LogP contribution is 2.32. The van der Waals surface area contributed by atoms with Crippen LogP contribution in [0.3, 0.4) is 0 Å². The molecule has 100 valence electrons. The number of hydrogen-bond donors (Lipinski definition) is 1. The molecule has 3 rings (SSSR count). The molecule has 1 aliphatic rings. The van der Waals surface area contributed by atoms with E-state index in [0.717, 1.165) is 23.0 Å². The second-order valence-electron chi connectivity index (χ2n) is 4.71. The van der Waals surface area contributed by atoms with E-state index in [1.807, 2.05) is 22.8 Å². The smallest absolute Gasteiger partial charge is 0.199 e. The van der Waals surface area contributed by atoms with Crippen molar-refractivity contribution in [3.8, 4) is 17.2 Å². The summed E-state index contributed by atoms with van der Waals surface area (Å²) in [5, 5.41) is 7.12. The number of fused-ring (bicyclic) bond motifs is 1. The Hall–Kier alpha value is -1.82. The van der Waals surface area contributed by atoms with Gasteiger partial charge in [-0.05, 0) is 24.4 Å². The molecular weight excluding hydrogens is 262 g/mol. The van der Waals surface area contributed by atoms with Crippen LogP contribution in [0.5, 0.6) is 11.5 Å². The Balaban J connectivity index is 2.12. The van der Waals surface area contributed by atoms with E-state index in [-0.39, 0.29) is 5.92 Å². The molecule has 0 saturated carbocycles. The molecule has 5 nitrogen and oxygen atoms in total. The average molecular weight is 277 g/mol. The number of hydrogen-bond acceptors (Lipinski definition) is 4. The van der Waals surface area contributed by atoms with Gasteiger partial charge in [-0.15, -0.1) is 0 Å². The van der Waals surface area contributed by atoms with Gasteiger partial charge in [-0.1, -0.05) is 13.8 Å². The van der Waals surface area contributed by atoms with Crippen molar-refractivity contribution in [2.24, 2.45) is 0 Å². The van der Waals surface area contributed by atoms with E-state index in [4.69, 9.17) is 21.7 Å². The minimum atomic E-state index is 0.279. The highest BCUT2D eigenvalue weighted by atomic mass is 32.1. The molecule has 0 fully saturated rings. The van der Waals surface area contributed by atoms with Gasteiger partial charge in [0.15, 0.2) is 16.3 Å². The Morgan fingerprint density at radius 2 is 2.00 bits per heavy atom. The molecule has 2 heterocycles. The second-order valence-corrected chi connectivity index (χ2v) is 5.09. The van der Waals surface area contributed by atoms with Crippen LogP contribution in [0.4, 0.5) is 0 Å². The lowest BCUT2D eigenvalue weighted by molar-refractivity contribution is 0.171. The predicted octanol–water partition coefficient (Wildman–Crippen LogP) is 2.82. The SMILES string of the molecule is CC(C)c1n[nH]c(=S)n1-c1ccc2c(c1)OCCO2. The van der Waals surface area contributed by atoms with Crippen molar-refractivity contribution in [1.82, 2.24) is 14.8 Å². The quantitative estimate of drug-likeness (QED) is 0.858. The lowest BCUT2D eigenvalue weighted by Gasteiger charge is -2.19. The van der Waals surface area contributed by atoms with Crippen molar-refractivity contribution in [3.05, 3.63) is 28.8 Å². The van der Waals surface area contributed by atoms with Crippen molar-refractivity contribution in [2.75, 3.05) is 13.2 Å². The maximum atomic E-state index is 5.60. The van der Waals surface area contributed by atoms with Gasteiger partial charge in [0.1, 0.15) is 19.0 Å². The topological polar surface area (TPSA) is 52.1 Å². The first kappa shape index (κ1) is 12.2. The van der Waals surface area contributed by atoms with E-state index < -0.39 is 0 Å². The Bertz CT molecular complexity index is 660. The van der Waals surface area contributed by atoms with Crippen molar-refractivity contribution >= 4 is 12.2 Å². The number of rotatable bonds is 2. The zero-order chi connectivity index (χ0) is 13.4. The van der Waals surface area contributed by atoms with E-state index in [0.29, 0.717) is 18.0 Å². The summed E-state index contributed by atoms with van der Waals surface area (Å²) in [7, 11) is 0. The molecule has 1 N–H and O–H groups in total. The third-order valence-corrected chi connectivity index (χ3v) is 3.27. The van der Waals surface area contributed by atoms with E-state index in [9.17, 15) is 0 Å². The molecule has 1 aliphatic heterocycles. The zero-order valence-electron chi connectivity index (χ0n) is 10.8. The van der Waals surface area contributed by atoms with Crippen LogP contribution in [0.1, 0.15) is 25.6 Å². The van der Waals surface area contributed by atoms with Crippen LogP contribution in [-0.2, 0) is 0 Å². The summed E-state index contributed by atoms with van der Waals surface area (Å²) in [5.74, 6) is 2.71. The average Bonchev–Trinajstić information content (AvgIpc) is 2.80. The molecule has 0 spiro atoms. The van der Waals surface area contributed by atoms with Gasteiger partial charge in [-0.2, -0.15) is 5.10 Å². The minimum absolute atomic E-state index is 0.279. The molecule has 0 atom stereocenters. The molecule has 6 heteroatoms. The van der Waals surface area contributed by atoms with Crippen LogP contribution in [0.2, 0.25) is 0 Å². The van der Waals surface area contributed by atoms with Crippen molar-refractivity contribution < 1.29 is 9.47 Å². The monoisotopic (exact) mass is 277 g/mol. The Morgan fingerprint density at radius 1 is 1.26 bits per heavy atom. The normalized spacial score (nSPS) is 13.8. The van der Waals surface area contributed by atoms with Crippen LogP contribution in [0.25, 0.3) is 5.69 Å². The van der Waals surface area contributed by atoms with Crippen LogP contribution in [0.15, 0.2) is 18.2 Å². The molecule has 0 amide bonds. The summed E-state index contributed by atoms with van der Waals surface area (Å²) < 4.78 is 13.6. The van der Waals surface area contributed by atoms with Crippen molar-refractivity contribution in [2.45, 2.75) is 19.8 Å². The fourth-order valence-corrected chi connectivity index (χ4v) is 2.36. The number of aromatic amines is 1. The molecule has 2 aromatic rings. The lowest BCUT2D eigenvalue weighted by Crippen LogP contribution is -2.15. The van der Waals surface area contributed by atoms with E-state index >= 15 is 0 Å². The largest absolute Gasteiger partial charge is 0.486 e. The van der Waals surface area contributed by atoms with E-state index in [1.54, 1.807) is 0 Å². The lowest BCUT2D eigenvalue weighted by atomic mass is 10.2. The standard InChI is InChI=1S/C13H15N3O2S/c1-8(2)12-14-15-13(19)16(12)9-3-4-10-11(7-9)18-6-5-17-10/h3-4,7-8H,5-6H2,1-2H3,(H,15,19). The Morgan fingerprint density at radius 3 is 2.74 bits per heavy atom. The van der Waals surface area contributed by atoms with E-state index in [1.165, 1.54) is 0 Å². The van der Waals surface area contributed by atoms with Crippen LogP contribution in [0, 0.1) is 4.77 Å². The van der Waals surface area contributed by atoms with Gasteiger partial charge < -0.3 is 9.47 Å². The second kappa shape index (κ2) is 4.70. The fourth-order valence-electron chi connectivity index (χ4n) is 2.12. The molecule has 0 bridgehead atoms. The first-order valence-electron chi connectivity index (χ1n) is 6.24. The van der Waals surface area contributed by atoms with Gasteiger partial charge in [0.25, 0.3) is 0 Å². The van der Waals surface area contributed by atoms with Crippen molar-refractivity contribution in [3.63, 3.8) is 0 Å². The maximum Gasteiger partial charge on any atom is 0.199 e. The van der Waals surface area contributed by atoms with Crippen LogP contribution in [-0.4, -0.2) is 28.0 Å². The van der Waals surface area contributed by atoms with Crippen molar-refractivity contribution in [1.29, 1.82) is 0 Å². The fraction of sp³-hybridized carbons (Fsp3) is 0.385. The summed E-state index contributed by atoms with van der Waals surface area (Å²) in [6.45, 7) is 5.33. The first-order chi connectivity index (χ1) is 9.16. The van der Waals surface area contributed by atoms with Crippen LogP contribution < -0.4 is 9.47 Å². The number of nitrogens with zero attached hydrogens (tertiary/aromatic N) is 2. The highest BCUT2D eigenvalue weighted by Gasteiger charge is 2.16. The zero-order valence-corrected chi connectivity index (χ0v) is 11.7. The van der Waals surface area contributed by atoms with Gasteiger partial charge >= 0.3 is 0 Å². The third kappa shape index (κ3) is 2.12. The number of benzene rings is 1. The molecule has 0 radical (unpaired) electrons. The Labute approximate surface area is 116 Å². The number of nitrogens with one attached hydrogen (secondary N) is 1. The molecule has 1 aromatic heterocycles. The first-order valence-corrected chi connectivity index (χ1v) is 6.65. The third-order valence-electron chi connectivity index (χ3n) is 3.00. The van der Waals surface area contributed by atoms with Crippen LogP contribution >= 0.6 is 12.2 Å². The summed E-state index contributed by atoms with van der Waals surface area (Å²) in [4.78, 5) is 0. The number of aromatic nitrogens is 3. The van der Waals surface area contributed by atoms with Gasteiger partial charge in [-0.3, -0.25) is 9.67 Å². The summed E-state index contributed by atoms with van der Waals surface area (Å²) in [6, 6.07) is 5.80. The number of H-pyrrole nitrogens is 1. The summed E-state index contributed by atoms with van der Waals surface area (Å²) in [5.41, 5.74) is 0.937.